The van der Waals surface area contributed by atoms with E-state index in [4.69, 9.17) is 17.3 Å². The van der Waals surface area contributed by atoms with Gasteiger partial charge in [0.15, 0.2) is 0 Å². The first kappa shape index (κ1) is 45.5. The summed E-state index contributed by atoms with van der Waals surface area (Å²) in [5, 5.41) is 33.6. The Kier molecular flexibility index (Phi) is 14.6. The number of fused-ring (bicyclic) bond motifs is 5. The number of carbonyl (C=O) groups is 6. The van der Waals surface area contributed by atoms with Gasteiger partial charge in [-0.3, -0.25) is 28.8 Å². The maximum Gasteiger partial charge on any atom is 0.251 e. The number of aromatic amines is 1. The highest BCUT2D eigenvalue weighted by molar-refractivity contribution is 6.30. The van der Waals surface area contributed by atoms with Gasteiger partial charge in [-0.25, -0.2) is 4.98 Å². The van der Waals surface area contributed by atoms with Crippen LogP contribution in [0.2, 0.25) is 5.02 Å². The molecule has 0 unspecified atom stereocenters. The highest BCUT2D eigenvalue weighted by Gasteiger charge is 2.36. The first-order valence-electron chi connectivity index (χ1n) is 20.4. The third-order valence-electron chi connectivity index (χ3n) is 10.9. The van der Waals surface area contributed by atoms with Gasteiger partial charge >= 0.3 is 0 Å². The minimum atomic E-state index is -1.44. The van der Waals surface area contributed by atoms with Gasteiger partial charge < -0.3 is 47.1 Å². The van der Waals surface area contributed by atoms with Crippen molar-refractivity contribution < 1.29 is 39.0 Å². The second kappa shape index (κ2) is 20.2. The number of nitrogens with one attached hydrogen (secondary N) is 5. The molecule has 2 heterocycles. The quantitative estimate of drug-likeness (QED) is 0.0620. The van der Waals surface area contributed by atoms with Crippen molar-refractivity contribution in [1.82, 2.24) is 36.1 Å². The zero-order chi connectivity index (χ0) is 45.4. The highest BCUT2D eigenvalue weighted by Crippen LogP contribution is 2.39. The number of hydrogen-bond donors (Lipinski definition) is 8. The number of amides is 5. The van der Waals surface area contributed by atoms with Gasteiger partial charge in [0.1, 0.15) is 41.4 Å². The number of nitrogens with two attached hydrogens (primary N) is 1. The Labute approximate surface area is 368 Å². The van der Waals surface area contributed by atoms with Gasteiger partial charge in [-0.2, -0.15) is 0 Å². The van der Waals surface area contributed by atoms with E-state index in [9.17, 15) is 39.0 Å². The molecular weight excluding hydrogens is 828 g/mol. The van der Waals surface area contributed by atoms with Crippen LogP contribution in [0.5, 0.6) is 11.5 Å². The first-order valence-corrected chi connectivity index (χ1v) is 20.8. The molecule has 0 saturated carbocycles. The van der Waals surface area contributed by atoms with Gasteiger partial charge in [-0.15, -0.1) is 0 Å². The number of unbranched alkanes of at least 4 members (excludes halogenated alkanes) is 1. The summed E-state index contributed by atoms with van der Waals surface area (Å²) >= 11 is 6.05. The summed E-state index contributed by atoms with van der Waals surface area (Å²) < 4.78 is 0. The van der Waals surface area contributed by atoms with Gasteiger partial charge in [-0.1, -0.05) is 48.0 Å². The van der Waals surface area contributed by atoms with Crippen molar-refractivity contribution >= 4 is 46.9 Å². The Morgan fingerprint density at radius 3 is 2.17 bits per heavy atom. The standard InChI is InChI=1S/C46H49ClN8O8/c1-25(41(58)37-23-49-24-50-37)51-44(61)36-21-27-7-17-38(56)33(20-27)34-22-31(14-18-39(34)57)40(45(62)52-26(2)42(59)54-36)55(3)46(63)35(6-4-5-19-48)53-43(60)30-10-8-28(9-11-30)29-12-15-32(47)16-13-29/h7-18,20,22-26,35-36,40,56-57H,4-6,19,21,48H2,1-3H3,(H,49,50)(H,51,61)(H,52,62)(H,53,60)(H,54,59)/t25-,26-,35-,36-,40-/m0/s1. The minimum absolute atomic E-state index is 0.0992. The second-order valence-corrected chi connectivity index (χ2v) is 15.9. The highest BCUT2D eigenvalue weighted by atomic mass is 35.5. The zero-order valence-electron chi connectivity index (χ0n) is 34.9. The molecule has 0 saturated heterocycles. The maximum absolute atomic E-state index is 14.6. The molecular formula is C46H49ClN8O8. The van der Waals surface area contributed by atoms with E-state index in [0.29, 0.717) is 35.5 Å². The van der Waals surface area contributed by atoms with E-state index in [1.165, 1.54) is 63.8 Å². The molecule has 9 N–H and O–H groups in total. The molecule has 4 bridgehead atoms. The largest absolute Gasteiger partial charge is 0.507 e. The molecule has 0 radical (unpaired) electrons. The average molecular weight is 877 g/mol. The molecule has 1 aromatic heterocycles. The molecule has 17 heteroatoms. The number of halogens is 1. The summed E-state index contributed by atoms with van der Waals surface area (Å²) in [5.74, 6) is -4.41. The van der Waals surface area contributed by atoms with Crippen molar-refractivity contribution in [3.8, 4) is 33.8 Å². The smallest absolute Gasteiger partial charge is 0.251 e. The number of Topliss-reactive ketones (excluding diaryl/α,β-unsaturated/α-hetero) is 1. The number of H-pyrrole nitrogens is 1. The molecule has 5 atom stereocenters. The van der Waals surface area contributed by atoms with Crippen molar-refractivity contribution in [1.29, 1.82) is 0 Å². The summed E-state index contributed by atoms with van der Waals surface area (Å²) in [6.07, 6.45) is 3.80. The Balaban J connectivity index is 1.31. The SMILES string of the molecule is C[C@@H]1NC(=O)[C@@H](N(C)C(=O)[C@H](CCCCN)NC(=O)c2ccc(-c3ccc(Cl)cc3)cc2)c2ccc(O)c(c2)-c2cc(ccc2O)C[C@@H](C(=O)N[C@@H](C)C(=O)c2c[nH]cn2)NC1=O. The predicted molar refractivity (Wildman–Crippen MR) is 236 cm³/mol. The summed E-state index contributed by atoms with van der Waals surface area (Å²) in [6, 6.07) is 16.6. The maximum atomic E-state index is 14.6. The molecule has 6 rings (SSSR count). The number of hydrogen-bond acceptors (Lipinski definition) is 10. The van der Waals surface area contributed by atoms with Crippen LogP contribution in [0, 0.1) is 0 Å². The number of ketones is 1. The Morgan fingerprint density at radius 1 is 0.873 bits per heavy atom. The van der Waals surface area contributed by atoms with Crippen LogP contribution in [-0.2, 0) is 25.6 Å². The minimum Gasteiger partial charge on any atom is -0.507 e. The van der Waals surface area contributed by atoms with E-state index in [1.807, 2.05) is 12.1 Å². The Hall–Kier alpha value is -7.04. The number of aromatic nitrogens is 2. The van der Waals surface area contributed by atoms with E-state index in [1.54, 1.807) is 42.5 Å². The van der Waals surface area contributed by atoms with Crippen LogP contribution in [0.25, 0.3) is 22.3 Å². The molecule has 1 aliphatic heterocycles. The Morgan fingerprint density at radius 2 is 1.52 bits per heavy atom. The third kappa shape index (κ3) is 10.9. The van der Waals surface area contributed by atoms with E-state index in [-0.39, 0.29) is 46.7 Å². The summed E-state index contributed by atoms with van der Waals surface area (Å²) in [5.41, 5.74) is 8.83. The number of phenols is 2. The summed E-state index contributed by atoms with van der Waals surface area (Å²) in [4.78, 5) is 91.0. The molecule has 0 aliphatic carbocycles. The fraction of sp³-hybridized carbons (Fsp3) is 0.283. The summed E-state index contributed by atoms with van der Waals surface area (Å²) in [6.45, 7) is 3.23. The van der Waals surface area contributed by atoms with Crippen LogP contribution in [0.15, 0.2) is 97.5 Å². The number of benzene rings is 4. The average Bonchev–Trinajstić information content (AvgIpc) is 3.82. The monoisotopic (exact) mass is 876 g/mol. The molecule has 0 spiro atoms. The number of phenolic OH excluding ortho intramolecular Hbond substituents is 2. The summed E-state index contributed by atoms with van der Waals surface area (Å²) in [7, 11) is 1.39. The molecule has 328 valence electrons. The number of carbonyl (C=O) groups excluding carboxylic acids is 6. The normalized spacial score (nSPS) is 17.3. The topological polar surface area (TPSA) is 249 Å². The van der Waals surface area contributed by atoms with Crippen LogP contribution >= 0.6 is 11.6 Å². The third-order valence-corrected chi connectivity index (χ3v) is 11.1. The molecule has 5 amide bonds. The molecule has 0 fully saturated rings. The van der Waals surface area contributed by atoms with Crippen molar-refractivity contribution in [3.63, 3.8) is 0 Å². The lowest BCUT2D eigenvalue weighted by Gasteiger charge is -2.32. The van der Waals surface area contributed by atoms with Crippen LogP contribution in [0.1, 0.15) is 71.1 Å². The lowest BCUT2D eigenvalue weighted by molar-refractivity contribution is -0.141. The van der Waals surface area contributed by atoms with E-state index < -0.39 is 65.5 Å². The van der Waals surface area contributed by atoms with Gasteiger partial charge in [0, 0.05) is 41.4 Å². The molecule has 63 heavy (non-hydrogen) atoms. The Bertz CT molecular complexity index is 2480. The van der Waals surface area contributed by atoms with Crippen molar-refractivity contribution in [2.24, 2.45) is 5.73 Å². The van der Waals surface area contributed by atoms with Gasteiger partial charge in [0.25, 0.3) is 5.91 Å². The zero-order valence-corrected chi connectivity index (χ0v) is 35.6. The van der Waals surface area contributed by atoms with Gasteiger partial charge in [0.2, 0.25) is 29.4 Å². The number of likely N-dealkylation sites (N-methyl/N-ethyl adjacent to an activating group) is 1. The number of imidazole rings is 1. The van der Waals surface area contributed by atoms with Crippen LogP contribution in [-0.4, -0.2) is 98.2 Å². The fourth-order valence-corrected chi connectivity index (χ4v) is 7.46. The van der Waals surface area contributed by atoms with E-state index in [0.717, 1.165) is 16.0 Å². The fourth-order valence-electron chi connectivity index (χ4n) is 7.33. The van der Waals surface area contributed by atoms with Crippen LogP contribution < -0.4 is 27.0 Å². The number of rotatable bonds is 13. The van der Waals surface area contributed by atoms with E-state index >= 15 is 0 Å². The number of aromatic hydroxyl groups is 2. The van der Waals surface area contributed by atoms with Crippen molar-refractivity contribution in [2.75, 3.05) is 13.6 Å². The van der Waals surface area contributed by atoms with Crippen molar-refractivity contribution in [2.45, 2.75) is 69.7 Å². The molecule has 16 nitrogen and oxygen atoms in total. The lowest BCUT2D eigenvalue weighted by Crippen LogP contribution is -2.56. The van der Waals surface area contributed by atoms with Crippen LogP contribution in [0.4, 0.5) is 0 Å². The lowest BCUT2D eigenvalue weighted by atomic mass is 9.93. The second-order valence-electron chi connectivity index (χ2n) is 15.4. The van der Waals surface area contributed by atoms with E-state index in [2.05, 4.69) is 31.2 Å². The number of nitrogens with zero attached hydrogens (tertiary/aromatic N) is 2. The molecule has 5 aromatic rings. The van der Waals surface area contributed by atoms with Crippen LogP contribution in [0.3, 0.4) is 0 Å². The molecule has 1 aliphatic rings. The predicted octanol–water partition coefficient (Wildman–Crippen LogP) is 4.17. The van der Waals surface area contributed by atoms with Gasteiger partial charge in [0.05, 0.1) is 12.4 Å². The molecule has 4 aromatic carbocycles. The van der Waals surface area contributed by atoms with Gasteiger partial charge in [-0.05, 0) is 110 Å². The van der Waals surface area contributed by atoms with Crippen molar-refractivity contribution in [3.05, 3.63) is 125 Å². The first-order chi connectivity index (χ1) is 30.1.